The summed E-state index contributed by atoms with van der Waals surface area (Å²) in [6, 6.07) is 0.171. The lowest BCUT2D eigenvalue weighted by molar-refractivity contribution is -0.143. The number of aromatic nitrogens is 1. The molecule has 2 atom stereocenters. The number of nitrogen functional groups attached to an aromatic ring is 1. The van der Waals surface area contributed by atoms with E-state index in [4.69, 9.17) is 45.3 Å². The van der Waals surface area contributed by atoms with Crippen molar-refractivity contribution in [2.75, 3.05) is 12.3 Å². The average molecular weight is 409 g/mol. The number of piperidine rings is 1. The Morgan fingerprint density at radius 2 is 2.00 bits per heavy atom. The number of nitrogens with zero attached hydrogens (tertiary/aromatic N) is 2. The van der Waals surface area contributed by atoms with Crippen molar-refractivity contribution in [3.05, 3.63) is 20.9 Å². The fraction of sp³-hybridized carbons (Fsp3) is 0.562. The first-order chi connectivity index (χ1) is 11.8. The Morgan fingerprint density at radius 1 is 1.32 bits per heavy atom. The third-order valence-electron chi connectivity index (χ3n) is 4.28. The van der Waals surface area contributed by atoms with Crippen LogP contribution in [0.4, 0.5) is 5.69 Å². The first-order valence-electron chi connectivity index (χ1n) is 8.09. The number of hydrogen-bond acceptors (Lipinski definition) is 5. The minimum Gasteiger partial charge on any atom is -0.448 e. The average Bonchev–Trinajstić information content (AvgIpc) is 2.61. The smallest absolute Gasteiger partial charge is 0.359 e. The van der Waals surface area contributed by atoms with Crippen LogP contribution in [-0.4, -0.2) is 40.5 Å². The van der Waals surface area contributed by atoms with E-state index in [-0.39, 0.29) is 38.5 Å². The summed E-state index contributed by atoms with van der Waals surface area (Å²) in [6.07, 6.45) is 2.90. The number of ether oxygens (including phenoxy) is 1. The molecule has 1 saturated heterocycles. The third kappa shape index (κ3) is 4.30. The predicted octanol–water partition coefficient (Wildman–Crippen LogP) is 3.96. The molecule has 2 N–H and O–H groups in total. The van der Waals surface area contributed by atoms with Gasteiger partial charge < -0.3 is 15.4 Å². The van der Waals surface area contributed by atoms with Gasteiger partial charge in [-0.15, -0.1) is 0 Å². The van der Waals surface area contributed by atoms with Gasteiger partial charge in [0.15, 0.2) is 17.0 Å². The Kier molecular flexibility index (Phi) is 6.77. The summed E-state index contributed by atoms with van der Waals surface area (Å²) < 4.78 is 5.24. The summed E-state index contributed by atoms with van der Waals surface area (Å²) in [5.41, 5.74) is 5.37. The first kappa shape index (κ1) is 20.1. The number of nitrogens with two attached hydrogens (primary N) is 1. The number of amides is 1. The number of pyridine rings is 1. The van der Waals surface area contributed by atoms with Crippen LogP contribution in [0, 0.1) is 0 Å². The Labute approximate surface area is 161 Å². The second-order valence-electron chi connectivity index (χ2n) is 5.93. The van der Waals surface area contributed by atoms with Gasteiger partial charge in [-0.2, -0.15) is 0 Å². The van der Waals surface area contributed by atoms with Crippen LogP contribution < -0.4 is 5.73 Å². The van der Waals surface area contributed by atoms with Crippen LogP contribution in [0.25, 0.3) is 0 Å². The van der Waals surface area contributed by atoms with Crippen molar-refractivity contribution in [1.29, 1.82) is 0 Å². The zero-order valence-electron chi connectivity index (χ0n) is 14.0. The van der Waals surface area contributed by atoms with Crippen LogP contribution >= 0.6 is 34.8 Å². The number of anilines is 1. The maximum Gasteiger partial charge on any atom is 0.359 e. The second kappa shape index (κ2) is 8.43. The highest BCUT2D eigenvalue weighted by atomic mass is 35.5. The van der Waals surface area contributed by atoms with Gasteiger partial charge in [0.1, 0.15) is 5.02 Å². The second-order valence-corrected chi connectivity index (χ2v) is 7.04. The van der Waals surface area contributed by atoms with Gasteiger partial charge in [-0.3, -0.25) is 4.79 Å². The van der Waals surface area contributed by atoms with Gasteiger partial charge in [0.25, 0.3) is 5.91 Å². The quantitative estimate of drug-likeness (QED) is 0.602. The Balaban J connectivity index is 2.13. The molecule has 1 amide bonds. The van der Waals surface area contributed by atoms with E-state index >= 15 is 0 Å². The molecule has 1 aromatic heterocycles. The van der Waals surface area contributed by atoms with Crippen LogP contribution in [0.15, 0.2) is 0 Å². The van der Waals surface area contributed by atoms with Crippen molar-refractivity contribution in [3.63, 3.8) is 0 Å². The molecule has 9 heteroatoms. The molecular formula is C16H20Cl3N3O3. The van der Waals surface area contributed by atoms with Crippen molar-refractivity contribution < 1.29 is 14.3 Å². The van der Waals surface area contributed by atoms with E-state index in [2.05, 4.69) is 4.98 Å². The molecule has 6 nitrogen and oxygen atoms in total. The highest BCUT2D eigenvalue weighted by Gasteiger charge is 2.31. The lowest BCUT2D eigenvalue weighted by Gasteiger charge is -2.36. The van der Waals surface area contributed by atoms with Gasteiger partial charge >= 0.3 is 5.97 Å². The van der Waals surface area contributed by atoms with Gasteiger partial charge in [0, 0.05) is 12.6 Å². The molecule has 1 aliphatic heterocycles. The van der Waals surface area contributed by atoms with Gasteiger partial charge in [0.05, 0.1) is 10.7 Å². The summed E-state index contributed by atoms with van der Waals surface area (Å²) in [5, 5.41) is -0.341. The Morgan fingerprint density at radius 3 is 2.64 bits per heavy atom. The first-order valence-corrected chi connectivity index (χ1v) is 9.22. The topological polar surface area (TPSA) is 85.5 Å². The Hall–Kier alpha value is -1.24. The zero-order chi connectivity index (χ0) is 18.7. The van der Waals surface area contributed by atoms with Crippen LogP contribution in [-0.2, 0) is 9.53 Å². The van der Waals surface area contributed by atoms with Crippen LogP contribution in [0.2, 0.25) is 15.2 Å². The molecular weight excluding hydrogens is 389 g/mol. The molecule has 2 rings (SSSR count). The number of esters is 1. The summed E-state index contributed by atoms with van der Waals surface area (Å²) in [4.78, 5) is 30.6. The molecule has 1 aliphatic rings. The van der Waals surface area contributed by atoms with Crippen molar-refractivity contribution in [2.45, 2.75) is 51.7 Å². The fourth-order valence-electron chi connectivity index (χ4n) is 2.88. The van der Waals surface area contributed by atoms with Crippen LogP contribution in [0.1, 0.15) is 50.0 Å². The van der Waals surface area contributed by atoms with E-state index in [9.17, 15) is 9.59 Å². The molecule has 0 aliphatic carbocycles. The lowest BCUT2D eigenvalue weighted by atomic mass is 9.99. The molecule has 25 heavy (non-hydrogen) atoms. The van der Waals surface area contributed by atoms with Crippen LogP contribution in [0.3, 0.4) is 0 Å². The Bertz CT molecular complexity index is 684. The van der Waals surface area contributed by atoms with E-state index in [1.165, 1.54) is 6.92 Å². The highest BCUT2D eigenvalue weighted by molar-refractivity contribution is 6.46. The zero-order valence-corrected chi connectivity index (χ0v) is 16.3. The fourth-order valence-corrected chi connectivity index (χ4v) is 3.47. The van der Waals surface area contributed by atoms with Crippen molar-refractivity contribution in [3.8, 4) is 0 Å². The molecule has 0 aromatic carbocycles. The minimum atomic E-state index is -0.965. The van der Waals surface area contributed by atoms with E-state index in [1.54, 1.807) is 4.90 Å². The van der Waals surface area contributed by atoms with E-state index < -0.39 is 12.1 Å². The normalized spacial score (nSPS) is 18.8. The number of likely N-dealkylation sites (tertiary alicyclic amines) is 1. The maximum atomic E-state index is 12.6. The largest absolute Gasteiger partial charge is 0.448 e. The van der Waals surface area contributed by atoms with Crippen molar-refractivity contribution >= 4 is 52.4 Å². The molecule has 0 bridgehead atoms. The standard InChI is InChI=1S/C16H20Cl3N3O3/c1-3-9-6-4-5-7-22(9)15(23)8(2)25-16(24)13-10(17)12(20)11(18)14(19)21-13/h8-9H,3-7H2,1-2H3,(H2,20,21)/t8-,9+/m1/s1. The summed E-state index contributed by atoms with van der Waals surface area (Å²) in [6.45, 7) is 4.23. The summed E-state index contributed by atoms with van der Waals surface area (Å²) >= 11 is 17.7. The molecule has 1 aromatic rings. The molecule has 0 saturated carbocycles. The summed E-state index contributed by atoms with van der Waals surface area (Å²) in [7, 11) is 0. The summed E-state index contributed by atoms with van der Waals surface area (Å²) in [5.74, 6) is -1.11. The van der Waals surface area contributed by atoms with E-state index in [0.29, 0.717) is 6.54 Å². The molecule has 0 spiro atoms. The monoisotopic (exact) mass is 407 g/mol. The van der Waals surface area contributed by atoms with E-state index in [0.717, 1.165) is 25.7 Å². The number of carbonyl (C=O) groups is 2. The number of halogens is 3. The van der Waals surface area contributed by atoms with Gasteiger partial charge in [0.2, 0.25) is 0 Å². The molecule has 1 fully saturated rings. The molecule has 0 radical (unpaired) electrons. The number of rotatable bonds is 4. The predicted molar refractivity (Wildman–Crippen MR) is 98.2 cm³/mol. The molecule has 2 heterocycles. The van der Waals surface area contributed by atoms with E-state index in [1.807, 2.05) is 6.92 Å². The maximum absolute atomic E-state index is 12.6. The number of hydrogen-bond donors (Lipinski definition) is 1. The SMILES string of the molecule is CC[C@H]1CCCCN1C(=O)[C@@H](C)OC(=O)c1nc(Cl)c(Cl)c(N)c1Cl. The number of carbonyl (C=O) groups excluding carboxylic acids is 2. The van der Waals surface area contributed by atoms with Crippen LogP contribution in [0.5, 0.6) is 0 Å². The van der Waals surface area contributed by atoms with Crippen molar-refractivity contribution in [1.82, 2.24) is 9.88 Å². The lowest BCUT2D eigenvalue weighted by Crippen LogP contribution is -2.48. The molecule has 0 unspecified atom stereocenters. The van der Waals surface area contributed by atoms with Gasteiger partial charge in [-0.1, -0.05) is 41.7 Å². The highest BCUT2D eigenvalue weighted by Crippen LogP contribution is 2.34. The van der Waals surface area contributed by atoms with Gasteiger partial charge in [-0.05, 0) is 32.6 Å². The third-order valence-corrected chi connectivity index (χ3v) is 5.41. The minimum absolute atomic E-state index is 0.0357. The van der Waals surface area contributed by atoms with Crippen molar-refractivity contribution in [2.24, 2.45) is 0 Å². The molecule has 138 valence electrons. The van der Waals surface area contributed by atoms with Gasteiger partial charge in [-0.25, -0.2) is 9.78 Å².